The van der Waals surface area contributed by atoms with Gasteiger partial charge in [-0.2, -0.15) is 4.31 Å². The van der Waals surface area contributed by atoms with Crippen LogP contribution >= 0.6 is 11.6 Å². The molecule has 9 heteroatoms. The number of piperazine rings is 1. The van der Waals surface area contributed by atoms with Gasteiger partial charge in [0.25, 0.3) is 5.91 Å². The van der Waals surface area contributed by atoms with Crippen LogP contribution in [-0.2, 0) is 14.8 Å². The van der Waals surface area contributed by atoms with Gasteiger partial charge >= 0.3 is 0 Å². The quantitative estimate of drug-likeness (QED) is 0.821. The maximum Gasteiger partial charge on any atom is 0.253 e. The molecule has 2 amide bonds. The summed E-state index contributed by atoms with van der Waals surface area (Å²) in [6.07, 6.45) is 0. The number of nitrogens with zero attached hydrogens (tertiary/aromatic N) is 2. The van der Waals surface area contributed by atoms with Crippen molar-refractivity contribution in [2.75, 3.05) is 31.5 Å². The summed E-state index contributed by atoms with van der Waals surface area (Å²) in [6, 6.07) is 12.8. The standard InChI is InChI=1S/C19H20ClN3O4S/c1-14(24)21-17-7-5-15(6-8-17)19(25)22-9-11-23(12-10-22)28(26,27)18-4-2-3-16(20)13-18/h2-8,13H,9-12H2,1H3,(H,21,24). The van der Waals surface area contributed by atoms with E-state index in [2.05, 4.69) is 5.32 Å². The van der Waals surface area contributed by atoms with E-state index in [1.807, 2.05) is 0 Å². The Hall–Kier alpha value is -2.42. The van der Waals surface area contributed by atoms with Gasteiger partial charge in [-0.1, -0.05) is 17.7 Å². The third-order valence-electron chi connectivity index (χ3n) is 4.41. The van der Waals surface area contributed by atoms with Crippen LogP contribution in [0.2, 0.25) is 5.02 Å². The first-order valence-electron chi connectivity index (χ1n) is 8.70. The number of carbonyl (C=O) groups excluding carboxylic acids is 2. The molecule has 0 saturated carbocycles. The average molecular weight is 422 g/mol. The Morgan fingerprint density at radius 3 is 2.21 bits per heavy atom. The second-order valence-electron chi connectivity index (χ2n) is 6.41. The van der Waals surface area contributed by atoms with Crippen LogP contribution in [0.1, 0.15) is 17.3 Å². The minimum Gasteiger partial charge on any atom is -0.336 e. The molecule has 7 nitrogen and oxygen atoms in total. The molecule has 1 N–H and O–H groups in total. The van der Waals surface area contributed by atoms with Gasteiger partial charge in [-0.25, -0.2) is 8.42 Å². The van der Waals surface area contributed by atoms with Gasteiger partial charge in [-0.3, -0.25) is 9.59 Å². The highest BCUT2D eigenvalue weighted by Gasteiger charge is 2.30. The van der Waals surface area contributed by atoms with Crippen molar-refractivity contribution in [3.63, 3.8) is 0 Å². The average Bonchev–Trinajstić information content (AvgIpc) is 2.68. The summed E-state index contributed by atoms with van der Waals surface area (Å²) in [6.45, 7) is 2.43. The lowest BCUT2D eigenvalue weighted by atomic mass is 10.1. The third-order valence-corrected chi connectivity index (χ3v) is 6.54. The Morgan fingerprint density at radius 2 is 1.64 bits per heavy atom. The van der Waals surface area contributed by atoms with E-state index >= 15 is 0 Å². The van der Waals surface area contributed by atoms with Gasteiger partial charge in [0.15, 0.2) is 0 Å². The largest absolute Gasteiger partial charge is 0.336 e. The van der Waals surface area contributed by atoms with Crippen molar-refractivity contribution in [2.45, 2.75) is 11.8 Å². The number of benzene rings is 2. The van der Waals surface area contributed by atoms with Gasteiger partial charge in [0.2, 0.25) is 15.9 Å². The van der Waals surface area contributed by atoms with Crippen LogP contribution in [-0.4, -0.2) is 55.6 Å². The Bertz CT molecular complexity index is 984. The molecule has 0 aromatic heterocycles. The zero-order chi connectivity index (χ0) is 20.3. The third kappa shape index (κ3) is 4.52. The fraction of sp³-hybridized carbons (Fsp3) is 0.263. The highest BCUT2D eigenvalue weighted by atomic mass is 35.5. The van der Waals surface area contributed by atoms with Gasteiger partial charge in [-0.05, 0) is 42.5 Å². The molecule has 28 heavy (non-hydrogen) atoms. The molecule has 1 aliphatic heterocycles. The van der Waals surface area contributed by atoms with E-state index in [-0.39, 0.29) is 29.8 Å². The van der Waals surface area contributed by atoms with Crippen molar-refractivity contribution in [1.29, 1.82) is 0 Å². The van der Waals surface area contributed by atoms with Crippen molar-refractivity contribution in [1.82, 2.24) is 9.21 Å². The monoisotopic (exact) mass is 421 g/mol. The zero-order valence-corrected chi connectivity index (χ0v) is 16.8. The Kier molecular flexibility index (Phi) is 6.02. The molecular formula is C19H20ClN3O4S. The molecule has 0 radical (unpaired) electrons. The number of carbonyl (C=O) groups is 2. The van der Waals surface area contributed by atoms with Gasteiger partial charge in [0, 0.05) is 49.4 Å². The summed E-state index contributed by atoms with van der Waals surface area (Å²) in [5.74, 6) is -0.356. The van der Waals surface area contributed by atoms with E-state index < -0.39 is 10.0 Å². The number of rotatable bonds is 4. The van der Waals surface area contributed by atoms with E-state index in [9.17, 15) is 18.0 Å². The molecule has 2 aromatic rings. The van der Waals surface area contributed by atoms with Crippen molar-refractivity contribution < 1.29 is 18.0 Å². The molecule has 1 fully saturated rings. The topological polar surface area (TPSA) is 86.8 Å². The van der Waals surface area contributed by atoms with Crippen molar-refractivity contribution in [3.05, 3.63) is 59.1 Å². The number of sulfonamides is 1. The molecule has 1 heterocycles. The number of anilines is 1. The maximum atomic E-state index is 12.7. The molecule has 0 aliphatic carbocycles. The Morgan fingerprint density at radius 1 is 1.00 bits per heavy atom. The van der Waals surface area contributed by atoms with Crippen LogP contribution in [0, 0.1) is 0 Å². The minimum absolute atomic E-state index is 0.147. The molecule has 0 bridgehead atoms. The molecule has 0 atom stereocenters. The molecule has 148 valence electrons. The van der Waals surface area contributed by atoms with Gasteiger partial charge < -0.3 is 10.2 Å². The number of nitrogens with one attached hydrogen (secondary N) is 1. The van der Waals surface area contributed by atoms with Crippen LogP contribution in [0.4, 0.5) is 5.69 Å². The van der Waals surface area contributed by atoms with Gasteiger partial charge in [-0.15, -0.1) is 0 Å². The molecule has 2 aromatic carbocycles. The summed E-state index contributed by atoms with van der Waals surface area (Å²) >= 11 is 5.90. The zero-order valence-electron chi connectivity index (χ0n) is 15.3. The van der Waals surface area contributed by atoms with Crippen LogP contribution < -0.4 is 5.32 Å². The lowest BCUT2D eigenvalue weighted by Gasteiger charge is -2.34. The van der Waals surface area contributed by atoms with Crippen molar-refractivity contribution in [2.24, 2.45) is 0 Å². The first kappa shape index (κ1) is 20.3. The first-order chi connectivity index (χ1) is 13.3. The maximum absolute atomic E-state index is 12.7. The predicted octanol–water partition coefficient (Wildman–Crippen LogP) is 2.45. The summed E-state index contributed by atoms with van der Waals surface area (Å²) in [4.78, 5) is 25.5. The van der Waals surface area contributed by atoms with Crippen LogP contribution in [0.3, 0.4) is 0 Å². The molecule has 3 rings (SSSR count). The number of hydrogen-bond donors (Lipinski definition) is 1. The van der Waals surface area contributed by atoms with Crippen molar-refractivity contribution >= 4 is 39.1 Å². The fourth-order valence-electron chi connectivity index (χ4n) is 2.99. The highest BCUT2D eigenvalue weighted by Crippen LogP contribution is 2.21. The molecule has 1 saturated heterocycles. The summed E-state index contributed by atoms with van der Waals surface area (Å²) in [5, 5.41) is 3.00. The molecular weight excluding hydrogens is 402 g/mol. The summed E-state index contributed by atoms with van der Waals surface area (Å²) in [7, 11) is -3.64. The van der Waals surface area contributed by atoms with E-state index in [0.717, 1.165) is 0 Å². The minimum atomic E-state index is -3.64. The highest BCUT2D eigenvalue weighted by molar-refractivity contribution is 7.89. The fourth-order valence-corrected chi connectivity index (χ4v) is 4.71. The first-order valence-corrected chi connectivity index (χ1v) is 10.5. The van der Waals surface area contributed by atoms with E-state index in [4.69, 9.17) is 11.6 Å². The SMILES string of the molecule is CC(=O)Nc1ccc(C(=O)N2CCN(S(=O)(=O)c3cccc(Cl)c3)CC2)cc1. The number of hydrogen-bond acceptors (Lipinski definition) is 4. The van der Waals surface area contributed by atoms with Crippen molar-refractivity contribution in [3.8, 4) is 0 Å². The van der Waals surface area contributed by atoms with Crippen LogP contribution in [0.15, 0.2) is 53.4 Å². The second-order valence-corrected chi connectivity index (χ2v) is 8.79. The smallest absolute Gasteiger partial charge is 0.253 e. The van der Waals surface area contributed by atoms with Crippen LogP contribution in [0.25, 0.3) is 0 Å². The second kappa shape index (κ2) is 8.30. The predicted molar refractivity (Wildman–Crippen MR) is 107 cm³/mol. The van der Waals surface area contributed by atoms with Gasteiger partial charge in [0.05, 0.1) is 4.90 Å². The number of amides is 2. The molecule has 1 aliphatic rings. The van der Waals surface area contributed by atoms with E-state index in [1.165, 1.54) is 23.4 Å². The summed E-state index contributed by atoms with van der Waals surface area (Å²) in [5.41, 5.74) is 1.10. The van der Waals surface area contributed by atoms with E-state index in [1.54, 1.807) is 41.3 Å². The van der Waals surface area contributed by atoms with Crippen LogP contribution in [0.5, 0.6) is 0 Å². The molecule has 0 unspecified atom stereocenters. The normalized spacial score (nSPS) is 15.3. The lowest BCUT2D eigenvalue weighted by molar-refractivity contribution is -0.114. The molecule has 0 spiro atoms. The summed E-state index contributed by atoms with van der Waals surface area (Å²) < 4.78 is 26.8. The lowest BCUT2D eigenvalue weighted by Crippen LogP contribution is -2.50. The number of halogens is 1. The Balaban J connectivity index is 1.64. The van der Waals surface area contributed by atoms with E-state index in [0.29, 0.717) is 29.4 Å². The Labute approximate surface area is 168 Å². The van der Waals surface area contributed by atoms with Gasteiger partial charge in [0.1, 0.15) is 0 Å².